The number of benzene rings is 1. The Morgan fingerprint density at radius 3 is 2.17 bits per heavy atom. The first-order valence-corrected chi connectivity index (χ1v) is 17.2. The first-order chi connectivity index (χ1) is 24.1. The summed E-state index contributed by atoms with van der Waals surface area (Å²) in [4.78, 5) is 52.5. The molecule has 6 rings (SSSR count). The zero-order chi connectivity index (χ0) is 38.3. The molecular weight excluding hydrogens is 693 g/mol. The average molecular weight is 739 g/mol. The van der Waals surface area contributed by atoms with Crippen LogP contribution in [0.15, 0.2) is 35.4 Å². The first-order valence-electron chi connectivity index (χ1n) is 17.2. The quantitative estimate of drug-likeness (QED) is 0.214. The van der Waals surface area contributed by atoms with Gasteiger partial charge in [-0.1, -0.05) is 26.8 Å². The fraction of sp³-hybridized carbons (Fsp3) is 0.676. The Balaban J connectivity index is 1.67. The minimum atomic E-state index is -5.39. The third kappa shape index (κ3) is 6.05. The number of carbonyl (C=O) groups is 4. The van der Waals surface area contributed by atoms with Crippen molar-refractivity contribution in [1.29, 1.82) is 0 Å². The third-order valence-corrected chi connectivity index (χ3v) is 11.8. The van der Waals surface area contributed by atoms with E-state index in [0.29, 0.717) is 16.9 Å². The molecule has 15 heteroatoms. The summed E-state index contributed by atoms with van der Waals surface area (Å²) >= 11 is 0. The van der Waals surface area contributed by atoms with E-state index in [0.717, 1.165) is 0 Å². The molecule has 0 spiro atoms. The van der Waals surface area contributed by atoms with E-state index >= 15 is 0 Å². The highest BCUT2D eigenvalue weighted by molar-refractivity contribution is 5.90. The molecule has 2 saturated carbocycles. The fourth-order valence-electron chi connectivity index (χ4n) is 9.66. The number of fused-ring (bicyclic) bond motifs is 8. The maximum atomic E-state index is 14.3. The molecule has 0 aromatic heterocycles. The van der Waals surface area contributed by atoms with Gasteiger partial charge >= 0.3 is 30.1 Å². The van der Waals surface area contributed by atoms with Crippen molar-refractivity contribution in [2.75, 3.05) is 13.7 Å². The number of rotatable bonds is 6. The number of hydrogen-bond acceptors (Lipinski definition) is 12. The Labute approximate surface area is 299 Å². The van der Waals surface area contributed by atoms with Crippen LogP contribution in [-0.4, -0.2) is 91.8 Å². The van der Waals surface area contributed by atoms with Crippen molar-refractivity contribution in [3.8, 4) is 5.75 Å². The average Bonchev–Trinajstić information content (AvgIpc) is 3.35. The van der Waals surface area contributed by atoms with Crippen molar-refractivity contribution >= 4 is 23.9 Å². The largest absolute Gasteiger partial charge is 0.497 e. The van der Waals surface area contributed by atoms with Gasteiger partial charge in [0, 0.05) is 31.6 Å². The van der Waals surface area contributed by atoms with Gasteiger partial charge in [0.2, 0.25) is 0 Å². The van der Waals surface area contributed by atoms with Crippen molar-refractivity contribution in [2.24, 2.45) is 22.7 Å². The van der Waals surface area contributed by atoms with E-state index in [4.69, 9.17) is 37.9 Å². The lowest BCUT2D eigenvalue weighted by Crippen LogP contribution is -2.80. The van der Waals surface area contributed by atoms with E-state index in [-0.39, 0.29) is 18.4 Å². The number of hydrogen-bond donors (Lipinski definition) is 0. The highest BCUT2D eigenvalue weighted by atomic mass is 19.4. The molecule has 2 heterocycles. The van der Waals surface area contributed by atoms with Crippen LogP contribution in [0.5, 0.6) is 5.75 Å². The van der Waals surface area contributed by atoms with Gasteiger partial charge in [0.05, 0.1) is 25.2 Å². The van der Waals surface area contributed by atoms with Crippen LogP contribution >= 0.6 is 0 Å². The van der Waals surface area contributed by atoms with E-state index in [9.17, 15) is 32.3 Å². The zero-order valence-electron chi connectivity index (χ0n) is 30.6. The summed E-state index contributed by atoms with van der Waals surface area (Å²) in [5.41, 5.74) is -3.12. The molecule has 5 aliphatic rings. The minimum Gasteiger partial charge on any atom is -0.497 e. The number of esters is 4. The van der Waals surface area contributed by atoms with Crippen LogP contribution < -0.4 is 4.74 Å². The molecule has 10 atom stereocenters. The van der Waals surface area contributed by atoms with Crippen LogP contribution in [0, 0.1) is 22.7 Å². The Morgan fingerprint density at radius 2 is 1.60 bits per heavy atom. The second-order valence-electron chi connectivity index (χ2n) is 15.7. The van der Waals surface area contributed by atoms with Crippen LogP contribution in [0.2, 0.25) is 0 Å². The summed E-state index contributed by atoms with van der Waals surface area (Å²) in [6, 6.07) is 6.17. The molecular formula is C37H45F3O12. The normalized spacial score (nSPS) is 37.1. The molecule has 1 aromatic rings. The summed E-state index contributed by atoms with van der Waals surface area (Å²) in [6.45, 7) is 12.7. The van der Waals surface area contributed by atoms with E-state index in [1.807, 2.05) is 20.8 Å². The Hall–Kier alpha value is -3.69. The number of ether oxygens (including phenoxy) is 8. The van der Waals surface area contributed by atoms with Gasteiger partial charge in [-0.05, 0) is 62.0 Å². The predicted octanol–water partition coefficient (Wildman–Crippen LogP) is 5.25. The van der Waals surface area contributed by atoms with E-state index in [1.165, 1.54) is 33.1 Å². The van der Waals surface area contributed by atoms with Crippen LogP contribution in [0.3, 0.4) is 0 Å². The SMILES string of the molecule is COc1cccc(C(=O)O[C@H]2[C@@H]3[C@]4(OC(=O)C(F)(F)F)CO[C@@H]4C[C@H](OC(C)=O)[C@@]3(C)[C@H]3OC(C)(C)O[C@@H]3C3=C(C)[C@@H](OC(C)=O)C[C@@H]2C3(C)C)c1. The molecule has 4 fully saturated rings. The monoisotopic (exact) mass is 738 g/mol. The molecule has 12 nitrogen and oxygen atoms in total. The second-order valence-corrected chi connectivity index (χ2v) is 15.7. The van der Waals surface area contributed by atoms with Gasteiger partial charge < -0.3 is 37.9 Å². The van der Waals surface area contributed by atoms with Gasteiger partial charge in [-0.2, -0.15) is 13.2 Å². The number of carbonyl (C=O) groups excluding carboxylic acids is 4. The van der Waals surface area contributed by atoms with Crippen molar-refractivity contribution in [2.45, 2.75) is 122 Å². The summed E-state index contributed by atoms with van der Waals surface area (Å²) in [6.07, 6.45) is -12.0. The molecule has 2 saturated heterocycles. The maximum Gasteiger partial charge on any atom is 0.490 e. The van der Waals surface area contributed by atoms with Crippen LogP contribution in [0.4, 0.5) is 13.2 Å². The van der Waals surface area contributed by atoms with E-state index in [1.54, 1.807) is 32.9 Å². The lowest BCUT2D eigenvalue weighted by Gasteiger charge is -2.67. The highest BCUT2D eigenvalue weighted by Crippen LogP contribution is 2.67. The molecule has 2 bridgehead atoms. The van der Waals surface area contributed by atoms with Crippen LogP contribution in [0.1, 0.15) is 78.6 Å². The zero-order valence-corrected chi connectivity index (χ0v) is 30.6. The van der Waals surface area contributed by atoms with Gasteiger partial charge in [-0.15, -0.1) is 0 Å². The molecule has 0 N–H and O–H groups in total. The maximum absolute atomic E-state index is 14.3. The standard InChI is InChI=1S/C37H45F3O12/c1-17-23(47-18(2)41)14-22-27(49-31(43)20-11-10-12-21(13-20)45-9)29-35(8,30-28(26(17)33(22,4)5)50-34(6,7)51-30)24(48-19(3)42)15-25-36(29,16-46-25)52-32(44)37(38,39)40/h10-13,22-25,27-30H,14-16H2,1-9H3/t22-,23-,24-,25+,27+,28+,29-,30-,35+,36-/m0/s1. The molecule has 2 aliphatic heterocycles. The van der Waals surface area contributed by atoms with Crippen molar-refractivity contribution in [3.63, 3.8) is 0 Å². The van der Waals surface area contributed by atoms with Crippen molar-refractivity contribution in [3.05, 3.63) is 41.0 Å². The highest BCUT2D eigenvalue weighted by Gasteiger charge is 2.78. The van der Waals surface area contributed by atoms with E-state index in [2.05, 4.69) is 0 Å². The minimum absolute atomic E-state index is 0.0687. The summed E-state index contributed by atoms with van der Waals surface area (Å²) in [7, 11) is 1.43. The third-order valence-electron chi connectivity index (χ3n) is 11.8. The molecule has 286 valence electrons. The topological polar surface area (TPSA) is 142 Å². The van der Waals surface area contributed by atoms with Crippen molar-refractivity contribution in [1.82, 2.24) is 0 Å². The predicted molar refractivity (Wildman–Crippen MR) is 173 cm³/mol. The fourth-order valence-corrected chi connectivity index (χ4v) is 9.66. The second kappa shape index (κ2) is 12.7. The van der Waals surface area contributed by atoms with E-state index < -0.39 is 107 Å². The Kier molecular flexibility index (Phi) is 9.31. The molecule has 0 amide bonds. The summed E-state index contributed by atoms with van der Waals surface area (Å²) < 4.78 is 90.8. The van der Waals surface area contributed by atoms with Gasteiger partial charge in [-0.25, -0.2) is 9.59 Å². The molecule has 52 heavy (non-hydrogen) atoms. The molecule has 0 unspecified atom stereocenters. The van der Waals surface area contributed by atoms with Gasteiger partial charge in [0.25, 0.3) is 0 Å². The lowest BCUT2D eigenvalue weighted by molar-refractivity contribution is -0.359. The number of halogens is 3. The number of methoxy groups -OCH3 is 1. The van der Waals surface area contributed by atoms with Gasteiger partial charge in [-0.3, -0.25) is 9.59 Å². The summed E-state index contributed by atoms with van der Waals surface area (Å²) in [5, 5.41) is 0. The number of alkyl halides is 3. The van der Waals surface area contributed by atoms with Gasteiger partial charge in [0.15, 0.2) is 11.4 Å². The van der Waals surface area contributed by atoms with Crippen LogP contribution in [0.25, 0.3) is 0 Å². The molecule has 3 aliphatic carbocycles. The van der Waals surface area contributed by atoms with Crippen LogP contribution in [-0.2, 0) is 47.5 Å². The molecule has 0 radical (unpaired) electrons. The first kappa shape index (κ1) is 38.0. The lowest BCUT2D eigenvalue weighted by atomic mass is 9.45. The summed E-state index contributed by atoms with van der Waals surface area (Å²) in [5.74, 6) is -7.65. The van der Waals surface area contributed by atoms with Crippen molar-refractivity contribution < 1.29 is 70.2 Å². The van der Waals surface area contributed by atoms with Gasteiger partial charge in [0.1, 0.15) is 42.4 Å². The smallest absolute Gasteiger partial charge is 0.490 e. The Morgan fingerprint density at radius 1 is 0.923 bits per heavy atom. The Bertz CT molecular complexity index is 1690. The molecule has 1 aromatic carbocycles.